The summed E-state index contributed by atoms with van der Waals surface area (Å²) >= 11 is 0. The lowest BCUT2D eigenvalue weighted by Gasteiger charge is -2.17. The molecule has 0 aliphatic heterocycles. The fourth-order valence-electron chi connectivity index (χ4n) is 1.97. The van der Waals surface area contributed by atoms with Gasteiger partial charge in [-0.2, -0.15) is 0 Å². The molecule has 4 nitrogen and oxygen atoms in total. The topological polar surface area (TPSA) is 76.5 Å². The summed E-state index contributed by atoms with van der Waals surface area (Å²) in [4.78, 5) is 2.48. The average molecular weight is 195 g/mol. The number of aliphatic hydroxyl groups excluding tert-OH is 1. The highest BCUT2D eigenvalue weighted by atomic mass is 16.3. The first-order valence-electron chi connectivity index (χ1n) is 4.65. The molecule has 1 heterocycles. The van der Waals surface area contributed by atoms with E-state index in [2.05, 4.69) is 4.98 Å². The van der Waals surface area contributed by atoms with E-state index in [1.807, 2.05) is 6.08 Å². The van der Waals surface area contributed by atoms with Crippen LogP contribution in [0.3, 0.4) is 0 Å². The van der Waals surface area contributed by atoms with E-state index in [1.54, 1.807) is 6.08 Å². The van der Waals surface area contributed by atoms with Gasteiger partial charge in [-0.25, -0.2) is 0 Å². The number of aromatic hydroxyl groups is 2. The van der Waals surface area contributed by atoms with Crippen LogP contribution in [0, 0.1) is 0 Å². The molecule has 0 spiro atoms. The number of aromatic amines is 1. The van der Waals surface area contributed by atoms with Crippen molar-refractivity contribution >= 4 is 6.08 Å². The zero-order chi connectivity index (χ0) is 10.1. The van der Waals surface area contributed by atoms with Gasteiger partial charge >= 0.3 is 0 Å². The molecule has 76 valence electrons. The Kier molecular flexibility index (Phi) is 2.21. The van der Waals surface area contributed by atoms with E-state index in [0.29, 0.717) is 12.0 Å². The average Bonchev–Trinajstić information content (AvgIpc) is 2.44. The molecule has 1 unspecified atom stereocenters. The van der Waals surface area contributed by atoms with E-state index in [1.165, 1.54) is 0 Å². The number of hydrogen-bond acceptors (Lipinski definition) is 3. The smallest absolute Gasteiger partial charge is 0.198 e. The summed E-state index contributed by atoms with van der Waals surface area (Å²) in [5.74, 6) is 0.105. The highest BCUT2D eigenvalue weighted by Gasteiger charge is 2.24. The predicted molar refractivity (Wildman–Crippen MR) is 52.2 cm³/mol. The fraction of sp³-hybridized carbons (Fsp3) is 0.400. The van der Waals surface area contributed by atoms with Crippen LogP contribution in [0.1, 0.15) is 29.9 Å². The lowest BCUT2D eigenvalue weighted by molar-refractivity contribution is 0.274. The molecular formula is C10H13NO3. The Hall–Kier alpha value is -1.42. The minimum absolute atomic E-state index is 0.00334. The van der Waals surface area contributed by atoms with Gasteiger partial charge in [0.25, 0.3) is 0 Å². The summed E-state index contributed by atoms with van der Waals surface area (Å²) in [6.07, 6.45) is 5.12. The molecule has 0 fully saturated rings. The summed E-state index contributed by atoms with van der Waals surface area (Å²) in [7, 11) is 0. The van der Waals surface area contributed by atoms with Gasteiger partial charge in [0.2, 0.25) is 0 Å². The number of H-pyrrole nitrogens is 1. The molecule has 0 aromatic carbocycles. The number of rotatable bonds is 2. The third-order valence-corrected chi connectivity index (χ3v) is 2.63. The van der Waals surface area contributed by atoms with E-state index in [0.717, 1.165) is 12.0 Å². The second kappa shape index (κ2) is 3.38. The SMILES string of the molecule is OCCC1CC=Cc2c(O)[nH]c(O)c21. The van der Waals surface area contributed by atoms with Crippen molar-refractivity contribution in [3.05, 3.63) is 17.2 Å². The Balaban J connectivity index is 2.43. The van der Waals surface area contributed by atoms with E-state index in [9.17, 15) is 10.2 Å². The van der Waals surface area contributed by atoms with Crippen molar-refractivity contribution in [2.45, 2.75) is 18.8 Å². The largest absolute Gasteiger partial charge is 0.494 e. The highest BCUT2D eigenvalue weighted by molar-refractivity contribution is 5.66. The van der Waals surface area contributed by atoms with E-state index in [4.69, 9.17) is 5.11 Å². The normalized spacial score (nSPS) is 19.6. The van der Waals surface area contributed by atoms with Crippen LogP contribution in [-0.4, -0.2) is 26.9 Å². The Morgan fingerprint density at radius 1 is 1.36 bits per heavy atom. The zero-order valence-electron chi connectivity index (χ0n) is 7.70. The summed E-state index contributed by atoms with van der Waals surface area (Å²) in [6.45, 7) is 0.0866. The predicted octanol–water partition coefficient (Wildman–Crippen LogP) is 1.31. The van der Waals surface area contributed by atoms with Gasteiger partial charge in [0.1, 0.15) is 0 Å². The summed E-state index contributed by atoms with van der Waals surface area (Å²) < 4.78 is 0. The molecule has 0 bridgehead atoms. The first kappa shape index (κ1) is 9.15. The molecule has 0 radical (unpaired) electrons. The molecule has 4 heteroatoms. The number of nitrogens with one attached hydrogen (secondary N) is 1. The van der Waals surface area contributed by atoms with Crippen molar-refractivity contribution < 1.29 is 15.3 Å². The molecule has 1 aromatic heterocycles. The Morgan fingerprint density at radius 3 is 2.86 bits per heavy atom. The van der Waals surface area contributed by atoms with Crippen molar-refractivity contribution in [3.8, 4) is 11.8 Å². The second-order valence-corrected chi connectivity index (χ2v) is 3.50. The van der Waals surface area contributed by atoms with Crippen molar-refractivity contribution in [1.82, 2.24) is 4.98 Å². The van der Waals surface area contributed by atoms with Crippen LogP contribution in [0.15, 0.2) is 6.08 Å². The van der Waals surface area contributed by atoms with Crippen LogP contribution in [0.5, 0.6) is 11.8 Å². The van der Waals surface area contributed by atoms with Crippen LogP contribution in [0.2, 0.25) is 0 Å². The van der Waals surface area contributed by atoms with Crippen LogP contribution in [0.4, 0.5) is 0 Å². The van der Waals surface area contributed by atoms with Gasteiger partial charge in [-0.05, 0) is 18.8 Å². The van der Waals surface area contributed by atoms with Gasteiger partial charge in [-0.15, -0.1) is 0 Å². The number of allylic oxidation sites excluding steroid dienone is 1. The molecule has 1 aromatic rings. The number of aliphatic hydroxyl groups is 1. The molecule has 4 N–H and O–H groups in total. The maximum absolute atomic E-state index is 9.54. The van der Waals surface area contributed by atoms with E-state index in [-0.39, 0.29) is 24.3 Å². The molecule has 1 atom stereocenters. The van der Waals surface area contributed by atoms with Crippen LogP contribution < -0.4 is 0 Å². The van der Waals surface area contributed by atoms with Crippen molar-refractivity contribution in [2.75, 3.05) is 6.61 Å². The maximum Gasteiger partial charge on any atom is 0.198 e. The standard InChI is InChI=1S/C10H13NO3/c12-5-4-6-2-1-3-7-8(6)10(14)11-9(7)13/h1,3,6,11-14H,2,4-5H2. The zero-order valence-corrected chi connectivity index (χ0v) is 7.70. The van der Waals surface area contributed by atoms with Crippen LogP contribution in [0.25, 0.3) is 6.08 Å². The molecular weight excluding hydrogens is 182 g/mol. The first-order valence-corrected chi connectivity index (χ1v) is 4.65. The highest BCUT2D eigenvalue weighted by Crippen LogP contribution is 2.41. The Labute approximate surface area is 81.5 Å². The molecule has 14 heavy (non-hydrogen) atoms. The van der Waals surface area contributed by atoms with Gasteiger partial charge in [0, 0.05) is 17.7 Å². The minimum atomic E-state index is -0.00334. The minimum Gasteiger partial charge on any atom is -0.494 e. The summed E-state index contributed by atoms with van der Waals surface area (Å²) in [5, 5.41) is 27.8. The third-order valence-electron chi connectivity index (χ3n) is 2.63. The Morgan fingerprint density at radius 2 is 2.14 bits per heavy atom. The molecule has 2 rings (SSSR count). The lowest BCUT2D eigenvalue weighted by atomic mass is 9.87. The van der Waals surface area contributed by atoms with Crippen LogP contribution >= 0.6 is 0 Å². The van der Waals surface area contributed by atoms with Gasteiger partial charge in [0.05, 0.1) is 0 Å². The first-order chi connectivity index (χ1) is 6.74. The number of aromatic nitrogens is 1. The molecule has 0 saturated carbocycles. The van der Waals surface area contributed by atoms with Crippen molar-refractivity contribution in [3.63, 3.8) is 0 Å². The third kappa shape index (κ3) is 1.28. The summed E-state index contributed by atoms with van der Waals surface area (Å²) in [6, 6.07) is 0. The molecule has 0 amide bonds. The lowest BCUT2D eigenvalue weighted by Crippen LogP contribution is -2.04. The second-order valence-electron chi connectivity index (χ2n) is 3.50. The molecule has 0 saturated heterocycles. The van der Waals surface area contributed by atoms with Gasteiger partial charge in [-0.1, -0.05) is 12.2 Å². The van der Waals surface area contributed by atoms with Gasteiger partial charge in [-0.3, -0.25) is 4.98 Å². The van der Waals surface area contributed by atoms with E-state index < -0.39 is 0 Å². The van der Waals surface area contributed by atoms with E-state index >= 15 is 0 Å². The molecule has 1 aliphatic carbocycles. The molecule has 1 aliphatic rings. The van der Waals surface area contributed by atoms with Gasteiger partial charge < -0.3 is 15.3 Å². The van der Waals surface area contributed by atoms with Crippen LogP contribution in [-0.2, 0) is 0 Å². The maximum atomic E-state index is 9.54. The summed E-state index contributed by atoms with van der Waals surface area (Å²) in [5.41, 5.74) is 1.37. The fourth-order valence-corrected chi connectivity index (χ4v) is 1.97. The quantitative estimate of drug-likeness (QED) is 0.574. The van der Waals surface area contributed by atoms with Gasteiger partial charge in [0.15, 0.2) is 11.8 Å². The monoisotopic (exact) mass is 195 g/mol. The number of hydrogen-bond donors (Lipinski definition) is 4. The Bertz CT molecular complexity index is 368. The number of fused-ring (bicyclic) bond motifs is 1. The van der Waals surface area contributed by atoms with Crippen molar-refractivity contribution in [1.29, 1.82) is 0 Å². The van der Waals surface area contributed by atoms with Crippen molar-refractivity contribution in [2.24, 2.45) is 0 Å².